The Morgan fingerprint density at radius 3 is 2.71 bits per heavy atom. The van der Waals surface area contributed by atoms with E-state index in [4.69, 9.17) is 9.72 Å². The summed E-state index contributed by atoms with van der Waals surface area (Å²) in [5.41, 5.74) is 4.59. The lowest BCUT2D eigenvalue weighted by atomic mass is 9.86. The van der Waals surface area contributed by atoms with Gasteiger partial charge in [-0.1, -0.05) is 11.3 Å². The molecule has 0 atom stereocenters. The zero-order chi connectivity index (χ0) is 26.3. The van der Waals surface area contributed by atoms with Crippen LogP contribution in [0.3, 0.4) is 0 Å². The number of hydrogen-bond donors (Lipinski definition) is 2. The fourth-order valence-corrected chi connectivity index (χ4v) is 6.25. The second-order valence-electron chi connectivity index (χ2n) is 10.4. The first-order valence-electron chi connectivity index (χ1n) is 12.8. The van der Waals surface area contributed by atoms with E-state index in [1.807, 2.05) is 30.5 Å². The second-order valence-corrected chi connectivity index (χ2v) is 11.4. The number of nitrogens with one attached hydrogen (secondary N) is 2. The van der Waals surface area contributed by atoms with Crippen LogP contribution in [0.4, 0.5) is 5.69 Å². The van der Waals surface area contributed by atoms with Crippen molar-refractivity contribution >= 4 is 28.4 Å². The van der Waals surface area contributed by atoms with E-state index >= 15 is 0 Å². The first kappa shape index (κ1) is 24.5. The third-order valence-corrected chi connectivity index (χ3v) is 8.35. The summed E-state index contributed by atoms with van der Waals surface area (Å²) in [6.07, 6.45) is 7.29. The van der Waals surface area contributed by atoms with E-state index in [2.05, 4.69) is 38.9 Å². The number of carbonyl (C=O) groups is 1. The van der Waals surface area contributed by atoms with Gasteiger partial charge in [0.25, 0.3) is 0 Å². The Balaban J connectivity index is 1.30. The van der Waals surface area contributed by atoms with Crippen LogP contribution in [0, 0.1) is 11.3 Å². The third kappa shape index (κ3) is 4.73. The molecule has 0 bridgehead atoms. The predicted molar refractivity (Wildman–Crippen MR) is 144 cm³/mol. The zero-order valence-corrected chi connectivity index (χ0v) is 22.1. The molecule has 4 aromatic heterocycles. The van der Waals surface area contributed by atoms with Crippen LogP contribution in [0.1, 0.15) is 56.0 Å². The van der Waals surface area contributed by atoms with Gasteiger partial charge >= 0.3 is 0 Å². The van der Waals surface area contributed by atoms with E-state index in [0.29, 0.717) is 24.7 Å². The number of anilines is 1. The van der Waals surface area contributed by atoms with Crippen molar-refractivity contribution in [1.82, 2.24) is 30.1 Å². The maximum absolute atomic E-state index is 11.4. The Bertz CT molecular complexity index is 1540. The number of carbonyl (C=O) groups excluding carboxylic acids is 1. The van der Waals surface area contributed by atoms with Crippen LogP contribution in [-0.2, 0) is 9.53 Å². The zero-order valence-electron chi connectivity index (χ0n) is 21.3. The molecule has 194 valence electrons. The summed E-state index contributed by atoms with van der Waals surface area (Å²) in [6, 6.07) is 10.1. The van der Waals surface area contributed by atoms with Gasteiger partial charge in [0.05, 0.1) is 53.0 Å². The van der Waals surface area contributed by atoms with Gasteiger partial charge < -0.3 is 15.4 Å². The summed E-state index contributed by atoms with van der Waals surface area (Å²) >= 11 is 1.61. The van der Waals surface area contributed by atoms with E-state index in [1.54, 1.807) is 29.0 Å². The molecular formula is C27H28N8O2S. The second kappa shape index (κ2) is 9.78. The van der Waals surface area contributed by atoms with Crippen molar-refractivity contribution in [3.8, 4) is 28.0 Å². The lowest BCUT2D eigenvalue weighted by Gasteiger charge is -2.40. The van der Waals surface area contributed by atoms with Gasteiger partial charge in [-0.05, 0) is 56.9 Å². The monoisotopic (exact) mass is 528 g/mol. The summed E-state index contributed by atoms with van der Waals surface area (Å²) in [5, 5.41) is 31.3. The van der Waals surface area contributed by atoms with Crippen molar-refractivity contribution in [3.05, 3.63) is 47.2 Å². The van der Waals surface area contributed by atoms with Gasteiger partial charge in [0.2, 0.25) is 5.91 Å². The Hall–Kier alpha value is -3.88. The normalized spacial score (nSPS) is 20.4. The molecule has 1 amide bonds. The molecule has 0 spiro atoms. The molecule has 38 heavy (non-hydrogen) atoms. The van der Waals surface area contributed by atoms with E-state index in [-0.39, 0.29) is 17.5 Å². The molecule has 1 aliphatic carbocycles. The number of hydrogen-bond acceptors (Lipinski definition) is 9. The molecule has 6 rings (SSSR count). The molecule has 5 heterocycles. The molecule has 2 aliphatic rings. The Morgan fingerprint density at radius 1 is 1.18 bits per heavy atom. The number of nitrogens with zero attached hydrogens (tertiary/aromatic N) is 6. The van der Waals surface area contributed by atoms with Crippen molar-refractivity contribution < 1.29 is 9.53 Å². The smallest absolute Gasteiger partial charge is 0.217 e. The molecule has 2 fully saturated rings. The molecule has 11 heteroatoms. The lowest BCUT2D eigenvalue weighted by molar-refractivity contribution is -0.119. The molecule has 1 saturated heterocycles. The van der Waals surface area contributed by atoms with Crippen molar-refractivity contribution in [1.29, 1.82) is 5.26 Å². The number of aromatic nitrogens is 5. The summed E-state index contributed by atoms with van der Waals surface area (Å²) in [6.45, 7) is 4.95. The average Bonchev–Trinajstić information content (AvgIpc) is 3.55. The Kier molecular flexibility index (Phi) is 6.29. The van der Waals surface area contributed by atoms with Gasteiger partial charge in [0, 0.05) is 30.8 Å². The highest BCUT2D eigenvalue weighted by Crippen LogP contribution is 2.40. The van der Waals surface area contributed by atoms with Crippen LogP contribution in [0.5, 0.6) is 0 Å². The number of pyridine rings is 1. The van der Waals surface area contributed by atoms with Crippen LogP contribution in [0.2, 0.25) is 0 Å². The topological polar surface area (TPSA) is 130 Å². The molecule has 4 aromatic rings. The molecular weight excluding hydrogens is 500 g/mol. The molecule has 1 aliphatic heterocycles. The predicted octanol–water partition coefficient (Wildman–Crippen LogP) is 4.15. The number of fused-ring (bicyclic) bond motifs is 1. The first-order valence-corrected chi connectivity index (χ1v) is 13.6. The maximum Gasteiger partial charge on any atom is 0.217 e. The molecule has 2 N–H and O–H groups in total. The van der Waals surface area contributed by atoms with E-state index in [1.165, 1.54) is 0 Å². The molecule has 0 unspecified atom stereocenters. The van der Waals surface area contributed by atoms with Crippen LogP contribution < -0.4 is 10.6 Å². The van der Waals surface area contributed by atoms with Gasteiger partial charge in [0.15, 0.2) is 5.01 Å². The number of rotatable bonds is 6. The van der Waals surface area contributed by atoms with Gasteiger partial charge in [-0.15, -0.1) is 10.2 Å². The quantitative estimate of drug-likeness (QED) is 0.382. The fourth-order valence-electron chi connectivity index (χ4n) is 5.21. The highest BCUT2D eigenvalue weighted by Gasteiger charge is 2.34. The third-order valence-electron chi connectivity index (χ3n) is 7.23. The van der Waals surface area contributed by atoms with Gasteiger partial charge in [-0.2, -0.15) is 10.4 Å². The Labute approximate surface area is 224 Å². The van der Waals surface area contributed by atoms with Gasteiger partial charge in [0.1, 0.15) is 11.1 Å². The number of amides is 1. The molecule has 1 saturated carbocycles. The van der Waals surface area contributed by atoms with Crippen LogP contribution in [0.25, 0.3) is 27.5 Å². The lowest BCUT2D eigenvalue weighted by Crippen LogP contribution is -2.53. The summed E-state index contributed by atoms with van der Waals surface area (Å²) in [4.78, 5) is 16.2. The minimum Gasteiger partial charge on any atom is -0.376 e. The number of ether oxygens (including phenoxy) is 1. The Morgan fingerprint density at radius 2 is 2.00 bits per heavy atom. The highest BCUT2D eigenvalue weighted by atomic mass is 32.1. The van der Waals surface area contributed by atoms with Gasteiger partial charge in [-0.25, -0.2) is 4.52 Å². The minimum atomic E-state index is -0.176. The van der Waals surface area contributed by atoms with Crippen molar-refractivity contribution in [2.24, 2.45) is 0 Å². The maximum atomic E-state index is 11.4. The van der Waals surface area contributed by atoms with Crippen LogP contribution in [-0.4, -0.2) is 55.5 Å². The average molecular weight is 529 g/mol. The van der Waals surface area contributed by atoms with Gasteiger partial charge in [-0.3, -0.25) is 9.78 Å². The van der Waals surface area contributed by atoms with E-state index in [9.17, 15) is 10.1 Å². The summed E-state index contributed by atoms with van der Waals surface area (Å²) in [5.74, 6) is 0.382. The van der Waals surface area contributed by atoms with Crippen molar-refractivity contribution in [2.75, 3.05) is 18.5 Å². The van der Waals surface area contributed by atoms with E-state index < -0.39 is 0 Å². The van der Waals surface area contributed by atoms with Crippen molar-refractivity contribution in [2.45, 2.75) is 57.0 Å². The number of nitriles is 1. The van der Waals surface area contributed by atoms with Crippen LogP contribution in [0.15, 0.2) is 36.7 Å². The van der Waals surface area contributed by atoms with E-state index in [0.717, 1.165) is 63.9 Å². The summed E-state index contributed by atoms with van der Waals surface area (Å²) in [7, 11) is 0. The molecule has 0 radical (unpaired) electrons. The minimum absolute atomic E-state index is 0.0315. The highest BCUT2D eigenvalue weighted by molar-refractivity contribution is 7.14. The summed E-state index contributed by atoms with van der Waals surface area (Å²) < 4.78 is 7.28. The molecule has 10 nitrogen and oxygen atoms in total. The molecule has 0 aromatic carbocycles. The SMILES string of the molecule is CC(=O)NC1CCC(c2nnc(-c3cnc(-c4ccc5cc(C#N)cnn45)cc3NC3(C)COC3)s2)CC1. The standard InChI is InChI=1S/C27H28N8O2S/c1-16(36)31-19-5-3-18(4-6-19)25-33-34-26(38-25)21-13-29-23(10-22(21)32-27(2)14-37-15-27)24-8-7-20-9-17(11-28)12-30-35(20)24/h7-10,12-13,18-19H,3-6,14-15H2,1-2H3,(H,29,32)(H,31,36). The van der Waals surface area contributed by atoms with Crippen molar-refractivity contribution in [3.63, 3.8) is 0 Å². The first-order chi connectivity index (χ1) is 18.4. The fraction of sp³-hybridized carbons (Fsp3) is 0.407. The largest absolute Gasteiger partial charge is 0.376 e. The van der Waals surface area contributed by atoms with Crippen LogP contribution >= 0.6 is 11.3 Å².